The molecule has 0 aliphatic rings. The predicted octanol–water partition coefficient (Wildman–Crippen LogP) is 10.3. The molecule has 8 rings (SSSR count). The van der Waals surface area contributed by atoms with Crippen molar-refractivity contribution in [2.45, 2.75) is 6.42 Å². The quantitative estimate of drug-likeness (QED) is 0.227. The summed E-state index contributed by atoms with van der Waals surface area (Å²) in [4.78, 5) is 0. The summed E-state index contributed by atoms with van der Waals surface area (Å²) in [7, 11) is 0. The zero-order valence-electron chi connectivity index (χ0n) is 20.8. The topological polar surface area (TPSA) is 13.1 Å². The summed E-state index contributed by atoms with van der Waals surface area (Å²) in [6.45, 7) is 0. The molecule has 0 radical (unpaired) electrons. The zero-order valence-corrected chi connectivity index (χ0v) is 20.8. The first-order valence-corrected chi connectivity index (χ1v) is 13.2. The lowest BCUT2D eigenvalue weighted by Crippen LogP contribution is -1.96. The van der Waals surface area contributed by atoms with Gasteiger partial charge in [-0.15, -0.1) is 0 Å². The van der Waals surface area contributed by atoms with Gasteiger partial charge in [-0.25, -0.2) is 0 Å². The molecule has 0 spiro atoms. The Bertz CT molecular complexity index is 2100. The average molecular weight is 485 g/mol. The summed E-state index contributed by atoms with van der Waals surface area (Å²) < 4.78 is 6.10. The molecule has 7 aromatic carbocycles. The van der Waals surface area contributed by atoms with Gasteiger partial charge in [0.25, 0.3) is 0 Å². The number of benzene rings is 7. The third-order valence-electron chi connectivity index (χ3n) is 7.92. The molecule has 0 aliphatic heterocycles. The number of para-hydroxylation sites is 1. The Balaban J connectivity index is 1.40. The van der Waals surface area contributed by atoms with Crippen molar-refractivity contribution in [3.05, 3.63) is 145 Å². The van der Waals surface area contributed by atoms with Gasteiger partial charge >= 0.3 is 0 Å². The third-order valence-corrected chi connectivity index (χ3v) is 7.92. The van der Waals surface area contributed by atoms with Crippen molar-refractivity contribution in [2.75, 3.05) is 0 Å². The lowest BCUT2D eigenvalue weighted by Gasteiger charge is -2.18. The van der Waals surface area contributed by atoms with Gasteiger partial charge in [0, 0.05) is 10.8 Å². The van der Waals surface area contributed by atoms with E-state index in [1.807, 2.05) is 12.1 Å². The Hall–Kier alpha value is -4.88. The van der Waals surface area contributed by atoms with Crippen LogP contribution in [0.2, 0.25) is 0 Å². The number of furan rings is 1. The van der Waals surface area contributed by atoms with E-state index < -0.39 is 0 Å². The summed E-state index contributed by atoms with van der Waals surface area (Å²) in [6.07, 6.45) is 0.853. The van der Waals surface area contributed by atoms with Crippen LogP contribution in [0.3, 0.4) is 0 Å². The van der Waals surface area contributed by atoms with Crippen LogP contribution < -0.4 is 0 Å². The number of fused-ring (bicyclic) bond motifs is 6. The monoisotopic (exact) mass is 484 g/mol. The van der Waals surface area contributed by atoms with E-state index in [1.165, 1.54) is 65.3 Å². The molecule has 0 bridgehead atoms. The Labute approximate surface area is 220 Å². The molecule has 0 unspecified atom stereocenters. The van der Waals surface area contributed by atoms with E-state index in [1.54, 1.807) is 0 Å². The molecule has 1 heterocycles. The molecular formula is C37H24O. The van der Waals surface area contributed by atoms with Crippen LogP contribution in [-0.4, -0.2) is 0 Å². The molecule has 0 atom stereocenters. The lowest BCUT2D eigenvalue weighted by molar-refractivity contribution is 0.669. The maximum atomic E-state index is 6.10. The minimum atomic E-state index is 0.853. The Morgan fingerprint density at radius 3 is 1.76 bits per heavy atom. The smallest absolute Gasteiger partial charge is 0.135 e. The van der Waals surface area contributed by atoms with Gasteiger partial charge in [0.2, 0.25) is 0 Å². The highest BCUT2D eigenvalue weighted by Gasteiger charge is 2.17. The molecule has 178 valence electrons. The van der Waals surface area contributed by atoms with Crippen LogP contribution in [0.15, 0.2) is 138 Å². The molecule has 0 N–H and O–H groups in total. The van der Waals surface area contributed by atoms with E-state index in [0.717, 1.165) is 17.6 Å². The van der Waals surface area contributed by atoms with E-state index in [2.05, 4.69) is 121 Å². The summed E-state index contributed by atoms with van der Waals surface area (Å²) in [5, 5.41) is 10.1. The average Bonchev–Trinajstić information content (AvgIpc) is 3.35. The van der Waals surface area contributed by atoms with E-state index in [4.69, 9.17) is 4.42 Å². The van der Waals surface area contributed by atoms with E-state index >= 15 is 0 Å². The van der Waals surface area contributed by atoms with E-state index in [9.17, 15) is 0 Å². The Morgan fingerprint density at radius 1 is 0.421 bits per heavy atom. The van der Waals surface area contributed by atoms with Crippen LogP contribution in [0, 0.1) is 0 Å². The van der Waals surface area contributed by atoms with Gasteiger partial charge in [-0.2, -0.15) is 0 Å². The fourth-order valence-electron chi connectivity index (χ4n) is 6.23. The van der Waals surface area contributed by atoms with Gasteiger partial charge < -0.3 is 4.42 Å². The molecule has 1 heteroatoms. The predicted molar refractivity (Wildman–Crippen MR) is 161 cm³/mol. The van der Waals surface area contributed by atoms with Crippen LogP contribution in [0.4, 0.5) is 0 Å². The van der Waals surface area contributed by atoms with Gasteiger partial charge in [-0.3, -0.25) is 0 Å². The van der Waals surface area contributed by atoms with Crippen molar-refractivity contribution >= 4 is 54.3 Å². The van der Waals surface area contributed by atoms with Crippen LogP contribution in [0.1, 0.15) is 11.1 Å². The number of hydrogen-bond acceptors (Lipinski definition) is 1. The molecule has 0 saturated heterocycles. The van der Waals surface area contributed by atoms with Crippen LogP contribution in [0.5, 0.6) is 0 Å². The minimum Gasteiger partial charge on any atom is -0.456 e. The molecule has 38 heavy (non-hydrogen) atoms. The normalized spacial score (nSPS) is 11.8. The largest absolute Gasteiger partial charge is 0.456 e. The number of rotatable bonds is 3. The minimum absolute atomic E-state index is 0.853. The molecule has 8 aromatic rings. The molecule has 0 amide bonds. The molecular weight excluding hydrogens is 460 g/mol. The maximum absolute atomic E-state index is 6.10. The van der Waals surface area contributed by atoms with Gasteiger partial charge in [-0.1, -0.05) is 115 Å². The van der Waals surface area contributed by atoms with E-state index in [0.29, 0.717) is 0 Å². The molecule has 0 fully saturated rings. The molecule has 1 aromatic heterocycles. The second-order valence-electron chi connectivity index (χ2n) is 10.1. The van der Waals surface area contributed by atoms with Gasteiger partial charge in [0.1, 0.15) is 11.2 Å². The highest BCUT2D eigenvalue weighted by Crippen LogP contribution is 2.42. The molecule has 0 saturated carbocycles. The van der Waals surface area contributed by atoms with Crippen molar-refractivity contribution in [3.63, 3.8) is 0 Å². The lowest BCUT2D eigenvalue weighted by atomic mass is 9.85. The maximum Gasteiger partial charge on any atom is 0.135 e. The van der Waals surface area contributed by atoms with Gasteiger partial charge in [0.05, 0.1) is 0 Å². The fourth-order valence-corrected chi connectivity index (χ4v) is 6.23. The van der Waals surface area contributed by atoms with Crippen LogP contribution in [0.25, 0.3) is 65.4 Å². The van der Waals surface area contributed by atoms with Gasteiger partial charge in [0.15, 0.2) is 0 Å². The second kappa shape index (κ2) is 8.33. The Kier molecular flexibility index (Phi) is 4.65. The van der Waals surface area contributed by atoms with Crippen LogP contribution in [-0.2, 0) is 6.42 Å². The summed E-state index contributed by atoms with van der Waals surface area (Å²) in [5.41, 5.74) is 7.14. The van der Waals surface area contributed by atoms with E-state index in [-0.39, 0.29) is 0 Å². The fraction of sp³-hybridized carbons (Fsp3) is 0.0270. The first-order chi connectivity index (χ1) is 18.8. The zero-order chi connectivity index (χ0) is 25.1. The Morgan fingerprint density at radius 2 is 1.00 bits per heavy atom. The highest BCUT2D eigenvalue weighted by molar-refractivity contribution is 6.18. The summed E-state index contributed by atoms with van der Waals surface area (Å²) in [5.74, 6) is 0. The number of hydrogen-bond donors (Lipinski definition) is 0. The van der Waals surface area contributed by atoms with Crippen molar-refractivity contribution in [1.29, 1.82) is 0 Å². The third kappa shape index (κ3) is 3.19. The van der Waals surface area contributed by atoms with Crippen LogP contribution >= 0.6 is 0 Å². The second-order valence-corrected chi connectivity index (χ2v) is 10.1. The first kappa shape index (κ1) is 21.2. The van der Waals surface area contributed by atoms with Crippen molar-refractivity contribution in [2.24, 2.45) is 0 Å². The highest BCUT2D eigenvalue weighted by atomic mass is 16.3. The van der Waals surface area contributed by atoms with Gasteiger partial charge in [-0.05, 0) is 79.2 Å². The standard InChI is InChI=1S/C37H24O/c1-2-12-26-25(10-1)11-9-18-30(26)37-31-16-5-3-13-27(31)33(28-14-4-6-17-32(28)37)22-24-20-21-36-34(23-24)29-15-7-8-19-35(29)38-36/h1-21,23H,22H2. The van der Waals surface area contributed by atoms with Crippen molar-refractivity contribution < 1.29 is 4.42 Å². The summed E-state index contributed by atoms with van der Waals surface area (Å²) in [6, 6.07) is 48.1. The van der Waals surface area contributed by atoms with Crippen molar-refractivity contribution in [3.8, 4) is 11.1 Å². The molecule has 0 aliphatic carbocycles. The summed E-state index contributed by atoms with van der Waals surface area (Å²) >= 11 is 0. The molecule has 1 nitrogen and oxygen atoms in total. The first-order valence-electron chi connectivity index (χ1n) is 13.2. The van der Waals surface area contributed by atoms with Crippen molar-refractivity contribution in [1.82, 2.24) is 0 Å². The SMILES string of the molecule is c1ccc2c(-c3c4ccccc4c(Cc4ccc5oc6ccccc6c5c4)c4ccccc34)cccc2c1.